The summed E-state index contributed by atoms with van der Waals surface area (Å²) in [7, 11) is 2.08. The lowest BCUT2D eigenvalue weighted by Crippen LogP contribution is -2.58. The molecule has 1 heterocycles. The molecule has 0 bridgehead atoms. The second-order valence-electron chi connectivity index (χ2n) is 5.90. The first-order chi connectivity index (χ1) is 9.15. The topological polar surface area (TPSA) is 33.7 Å². The van der Waals surface area contributed by atoms with Crippen molar-refractivity contribution in [3.63, 3.8) is 0 Å². The van der Waals surface area contributed by atoms with Crippen LogP contribution in [0.3, 0.4) is 0 Å². The molecule has 3 atom stereocenters. The van der Waals surface area contributed by atoms with Crippen LogP contribution in [0.5, 0.6) is 0 Å². The zero-order chi connectivity index (χ0) is 13.9. The van der Waals surface area contributed by atoms with Gasteiger partial charge >= 0.3 is 0 Å². The van der Waals surface area contributed by atoms with E-state index >= 15 is 0 Å². The van der Waals surface area contributed by atoms with Crippen LogP contribution >= 0.6 is 0 Å². The van der Waals surface area contributed by atoms with E-state index in [2.05, 4.69) is 38.0 Å². The van der Waals surface area contributed by atoms with Crippen molar-refractivity contribution in [2.75, 3.05) is 26.8 Å². The van der Waals surface area contributed by atoms with Gasteiger partial charge in [0.1, 0.15) is 0 Å². The monoisotopic (exact) mass is 270 g/mol. The van der Waals surface area contributed by atoms with Gasteiger partial charge in [-0.25, -0.2) is 0 Å². The van der Waals surface area contributed by atoms with Crippen LogP contribution in [0.1, 0.15) is 46.5 Å². The molecule has 0 aromatic rings. The van der Waals surface area contributed by atoms with Crippen molar-refractivity contribution >= 4 is 0 Å². The number of ether oxygens (including phenoxy) is 2. The fraction of sp³-hybridized carbons (Fsp3) is 1.00. The van der Waals surface area contributed by atoms with Gasteiger partial charge in [0.2, 0.25) is 0 Å². The Balaban J connectivity index is 2.12. The summed E-state index contributed by atoms with van der Waals surface area (Å²) < 4.78 is 11.9. The summed E-state index contributed by atoms with van der Waals surface area (Å²) in [6.07, 6.45) is 4.34. The van der Waals surface area contributed by atoms with Crippen LogP contribution in [0.25, 0.3) is 0 Å². The largest absolute Gasteiger partial charge is 0.347 e. The Morgan fingerprint density at radius 2 is 2.00 bits per heavy atom. The molecular formula is C15H30N2O2. The quantitative estimate of drug-likeness (QED) is 0.828. The van der Waals surface area contributed by atoms with Crippen LogP contribution in [0.2, 0.25) is 0 Å². The van der Waals surface area contributed by atoms with Gasteiger partial charge in [-0.05, 0) is 33.4 Å². The lowest BCUT2D eigenvalue weighted by Gasteiger charge is -2.47. The summed E-state index contributed by atoms with van der Waals surface area (Å²) in [5, 5.41) is 3.50. The number of nitrogens with zero attached hydrogens (tertiary/aromatic N) is 1. The molecular weight excluding hydrogens is 240 g/mol. The van der Waals surface area contributed by atoms with E-state index in [1.165, 1.54) is 6.42 Å². The third-order valence-corrected chi connectivity index (χ3v) is 4.95. The lowest BCUT2D eigenvalue weighted by atomic mass is 9.84. The van der Waals surface area contributed by atoms with Crippen LogP contribution < -0.4 is 5.32 Å². The average Bonchev–Trinajstić information content (AvgIpc) is 2.88. The molecule has 2 rings (SSSR count). The molecule has 4 heteroatoms. The summed E-state index contributed by atoms with van der Waals surface area (Å²) in [5.41, 5.74) is 0. The zero-order valence-electron chi connectivity index (χ0n) is 12.9. The van der Waals surface area contributed by atoms with E-state index in [0.717, 1.165) is 39.0 Å². The Morgan fingerprint density at radius 3 is 2.53 bits per heavy atom. The average molecular weight is 270 g/mol. The second kappa shape index (κ2) is 6.53. The van der Waals surface area contributed by atoms with Crippen LogP contribution in [0, 0.1) is 0 Å². The molecule has 4 nitrogen and oxygen atoms in total. The fourth-order valence-corrected chi connectivity index (χ4v) is 3.68. The SMILES string of the molecule is CCC(C)N(CC)C1CC2(CCC1NC)OCCO2. The van der Waals surface area contributed by atoms with Crippen molar-refractivity contribution in [3.8, 4) is 0 Å². The highest BCUT2D eigenvalue weighted by Crippen LogP contribution is 2.38. The molecule has 1 aliphatic carbocycles. The summed E-state index contributed by atoms with van der Waals surface area (Å²) in [6, 6.07) is 1.67. The van der Waals surface area contributed by atoms with Crippen LogP contribution in [0.4, 0.5) is 0 Å². The van der Waals surface area contributed by atoms with E-state index in [4.69, 9.17) is 9.47 Å². The Morgan fingerprint density at radius 1 is 1.32 bits per heavy atom. The standard InChI is InChI=1S/C15H30N2O2/c1-5-12(3)17(6-2)14-11-15(18-9-10-19-15)8-7-13(14)16-4/h12-14,16H,5-11H2,1-4H3. The van der Waals surface area contributed by atoms with Gasteiger partial charge in [-0.1, -0.05) is 13.8 Å². The first-order valence-electron chi connectivity index (χ1n) is 7.86. The van der Waals surface area contributed by atoms with Crippen molar-refractivity contribution in [3.05, 3.63) is 0 Å². The van der Waals surface area contributed by atoms with Crippen molar-refractivity contribution in [1.82, 2.24) is 10.2 Å². The van der Waals surface area contributed by atoms with Gasteiger partial charge in [-0.3, -0.25) is 4.90 Å². The Bertz CT molecular complexity index is 279. The van der Waals surface area contributed by atoms with Crippen molar-refractivity contribution in [2.24, 2.45) is 0 Å². The maximum Gasteiger partial charge on any atom is 0.170 e. The van der Waals surface area contributed by atoms with E-state index in [0.29, 0.717) is 18.1 Å². The minimum atomic E-state index is -0.293. The first-order valence-corrected chi connectivity index (χ1v) is 7.86. The van der Waals surface area contributed by atoms with E-state index in [-0.39, 0.29) is 5.79 Å². The molecule has 2 aliphatic rings. The first kappa shape index (κ1) is 15.2. The van der Waals surface area contributed by atoms with Crippen molar-refractivity contribution in [2.45, 2.75) is 70.4 Å². The molecule has 3 unspecified atom stereocenters. The molecule has 0 radical (unpaired) electrons. The zero-order valence-corrected chi connectivity index (χ0v) is 12.9. The van der Waals surface area contributed by atoms with E-state index < -0.39 is 0 Å². The molecule has 2 fully saturated rings. The predicted octanol–water partition coefficient (Wildman–Crippen LogP) is 1.99. The number of nitrogens with one attached hydrogen (secondary N) is 1. The van der Waals surface area contributed by atoms with Gasteiger partial charge in [0.05, 0.1) is 13.2 Å². The minimum absolute atomic E-state index is 0.293. The molecule has 1 N–H and O–H groups in total. The molecule has 112 valence electrons. The van der Waals surface area contributed by atoms with Crippen LogP contribution in [-0.2, 0) is 9.47 Å². The minimum Gasteiger partial charge on any atom is -0.347 e. The predicted molar refractivity (Wildman–Crippen MR) is 77.3 cm³/mol. The smallest absolute Gasteiger partial charge is 0.170 e. The third kappa shape index (κ3) is 3.13. The fourth-order valence-electron chi connectivity index (χ4n) is 3.68. The molecule has 1 spiro atoms. The van der Waals surface area contributed by atoms with Gasteiger partial charge in [0.25, 0.3) is 0 Å². The summed E-state index contributed by atoms with van der Waals surface area (Å²) in [6.45, 7) is 9.46. The highest BCUT2D eigenvalue weighted by Gasteiger charge is 2.46. The Labute approximate surface area is 117 Å². The highest BCUT2D eigenvalue weighted by atomic mass is 16.7. The molecule has 1 saturated heterocycles. The molecule has 1 saturated carbocycles. The van der Waals surface area contributed by atoms with E-state index in [1.807, 2.05) is 0 Å². The Kier molecular flexibility index (Phi) is 5.23. The third-order valence-electron chi connectivity index (χ3n) is 4.95. The van der Waals surface area contributed by atoms with Crippen LogP contribution in [-0.4, -0.2) is 55.6 Å². The van der Waals surface area contributed by atoms with Gasteiger partial charge in [-0.15, -0.1) is 0 Å². The van der Waals surface area contributed by atoms with E-state index in [1.54, 1.807) is 0 Å². The maximum absolute atomic E-state index is 5.94. The van der Waals surface area contributed by atoms with E-state index in [9.17, 15) is 0 Å². The van der Waals surface area contributed by atoms with Gasteiger partial charge in [0, 0.05) is 31.0 Å². The molecule has 0 aromatic heterocycles. The maximum atomic E-state index is 5.94. The van der Waals surface area contributed by atoms with Crippen LogP contribution in [0.15, 0.2) is 0 Å². The molecule has 19 heavy (non-hydrogen) atoms. The number of likely N-dealkylation sites (N-methyl/N-ethyl adjacent to an activating group) is 2. The van der Waals surface area contributed by atoms with Crippen molar-refractivity contribution in [1.29, 1.82) is 0 Å². The summed E-state index contributed by atoms with van der Waals surface area (Å²) in [5.74, 6) is -0.293. The molecule has 0 amide bonds. The van der Waals surface area contributed by atoms with Gasteiger partial charge in [-0.2, -0.15) is 0 Å². The number of hydrogen-bond donors (Lipinski definition) is 1. The van der Waals surface area contributed by atoms with Gasteiger partial charge in [0.15, 0.2) is 5.79 Å². The Hall–Kier alpha value is -0.160. The molecule has 0 aromatic carbocycles. The normalized spacial score (nSPS) is 32.1. The van der Waals surface area contributed by atoms with Crippen molar-refractivity contribution < 1.29 is 9.47 Å². The lowest BCUT2D eigenvalue weighted by molar-refractivity contribution is -0.194. The summed E-state index contributed by atoms with van der Waals surface area (Å²) >= 11 is 0. The second-order valence-corrected chi connectivity index (χ2v) is 5.90. The number of hydrogen-bond acceptors (Lipinski definition) is 4. The highest BCUT2D eigenvalue weighted by molar-refractivity contribution is 4.96. The summed E-state index contributed by atoms with van der Waals surface area (Å²) in [4.78, 5) is 2.62. The molecule has 1 aliphatic heterocycles. The number of rotatable bonds is 5. The van der Waals surface area contributed by atoms with Gasteiger partial charge < -0.3 is 14.8 Å².